The summed E-state index contributed by atoms with van der Waals surface area (Å²) in [5.41, 5.74) is 4.24. The van der Waals surface area contributed by atoms with Gasteiger partial charge in [-0.25, -0.2) is 0 Å². The van der Waals surface area contributed by atoms with E-state index in [9.17, 15) is 9.59 Å². The Kier molecular flexibility index (Phi) is 6.76. The molecule has 2 fully saturated rings. The number of H-pyrrole nitrogens is 1. The van der Waals surface area contributed by atoms with Crippen LogP contribution in [0.3, 0.4) is 0 Å². The van der Waals surface area contributed by atoms with Crippen LogP contribution in [-0.2, 0) is 24.2 Å². The lowest BCUT2D eigenvalue weighted by Crippen LogP contribution is -2.40. The summed E-state index contributed by atoms with van der Waals surface area (Å²) in [5, 5.41) is 10.6. The van der Waals surface area contributed by atoms with Crippen LogP contribution in [0.2, 0.25) is 0 Å². The molecular formula is C26H35N5O2. The normalized spacial score (nSPS) is 21.3. The Balaban J connectivity index is 1.01. The minimum Gasteiger partial charge on any atom is -0.352 e. The van der Waals surface area contributed by atoms with Crippen LogP contribution in [0.4, 0.5) is 0 Å². The second kappa shape index (κ2) is 10.1. The number of carbonyl (C=O) groups excluding carboxylic acids is 2. The number of hydrogen-bond donors (Lipinski definition) is 2. The molecule has 0 bridgehead atoms. The maximum atomic E-state index is 12.9. The van der Waals surface area contributed by atoms with Crippen LogP contribution in [0.5, 0.6) is 0 Å². The first kappa shape index (κ1) is 22.1. The third-order valence-electron chi connectivity index (χ3n) is 7.58. The molecule has 0 radical (unpaired) electrons. The lowest BCUT2D eigenvalue weighted by Gasteiger charge is -2.31. The Morgan fingerprint density at radius 3 is 2.70 bits per heavy atom. The van der Waals surface area contributed by atoms with Crippen LogP contribution in [0.15, 0.2) is 30.3 Å². The molecule has 1 aromatic heterocycles. The molecule has 2 aromatic rings. The molecule has 2 amide bonds. The summed E-state index contributed by atoms with van der Waals surface area (Å²) < 4.78 is 0. The molecule has 33 heavy (non-hydrogen) atoms. The fourth-order valence-corrected chi connectivity index (χ4v) is 5.64. The number of piperidine rings is 1. The molecule has 1 aliphatic carbocycles. The van der Waals surface area contributed by atoms with Crippen molar-refractivity contribution in [1.29, 1.82) is 0 Å². The molecule has 7 heteroatoms. The number of aryl methyl sites for hydroxylation is 1. The van der Waals surface area contributed by atoms with Gasteiger partial charge in [0, 0.05) is 56.4 Å². The molecule has 0 spiro atoms. The van der Waals surface area contributed by atoms with E-state index in [-0.39, 0.29) is 17.9 Å². The van der Waals surface area contributed by atoms with Gasteiger partial charge in [0.15, 0.2) is 5.69 Å². The van der Waals surface area contributed by atoms with E-state index in [1.807, 2.05) is 11.0 Å². The number of benzene rings is 1. The van der Waals surface area contributed by atoms with Gasteiger partial charge in [-0.05, 0) is 56.4 Å². The summed E-state index contributed by atoms with van der Waals surface area (Å²) in [6, 6.07) is 10.8. The van der Waals surface area contributed by atoms with Crippen molar-refractivity contribution in [3.63, 3.8) is 0 Å². The Hall–Kier alpha value is -2.67. The molecule has 0 unspecified atom stereocenters. The van der Waals surface area contributed by atoms with Crippen molar-refractivity contribution in [1.82, 2.24) is 25.3 Å². The number of hydrogen-bond acceptors (Lipinski definition) is 4. The van der Waals surface area contributed by atoms with E-state index in [0.29, 0.717) is 18.0 Å². The van der Waals surface area contributed by atoms with E-state index in [2.05, 4.69) is 44.7 Å². The maximum Gasteiger partial charge on any atom is 0.274 e. The highest BCUT2D eigenvalue weighted by Crippen LogP contribution is 2.27. The molecule has 0 saturated carbocycles. The van der Waals surface area contributed by atoms with Crippen molar-refractivity contribution >= 4 is 11.8 Å². The number of fused-ring (bicyclic) bond motifs is 1. The van der Waals surface area contributed by atoms with Crippen LogP contribution in [0, 0.1) is 5.92 Å². The van der Waals surface area contributed by atoms with Gasteiger partial charge in [0.05, 0.1) is 0 Å². The SMILES string of the molecule is O=C(CCC1CCN(C(=O)c2n[nH]c3c2CCC3)CC1)N[C@@H]1CCN(Cc2ccccc2)C1. The Morgan fingerprint density at radius 1 is 1.06 bits per heavy atom. The van der Waals surface area contributed by atoms with Gasteiger partial charge in [0.1, 0.15) is 0 Å². The van der Waals surface area contributed by atoms with Crippen LogP contribution in [0.1, 0.15) is 65.8 Å². The monoisotopic (exact) mass is 449 g/mol. The van der Waals surface area contributed by atoms with Crippen molar-refractivity contribution in [2.45, 2.75) is 64.0 Å². The van der Waals surface area contributed by atoms with Gasteiger partial charge in [0.25, 0.3) is 5.91 Å². The predicted octanol–water partition coefficient (Wildman–Crippen LogP) is 2.92. The van der Waals surface area contributed by atoms with Gasteiger partial charge in [0.2, 0.25) is 5.91 Å². The van der Waals surface area contributed by atoms with E-state index in [4.69, 9.17) is 0 Å². The topological polar surface area (TPSA) is 81.3 Å². The lowest BCUT2D eigenvalue weighted by atomic mass is 9.91. The number of nitrogens with one attached hydrogen (secondary N) is 2. The Bertz CT molecular complexity index is 964. The van der Waals surface area contributed by atoms with Crippen molar-refractivity contribution in [2.24, 2.45) is 5.92 Å². The van der Waals surface area contributed by atoms with E-state index in [1.54, 1.807) is 0 Å². The summed E-state index contributed by atoms with van der Waals surface area (Å²) in [6.45, 7) is 4.45. The first-order valence-corrected chi connectivity index (χ1v) is 12.6. The zero-order valence-corrected chi connectivity index (χ0v) is 19.4. The minimum absolute atomic E-state index is 0.0758. The highest BCUT2D eigenvalue weighted by Gasteiger charge is 2.30. The van der Waals surface area contributed by atoms with Gasteiger partial charge in [-0.3, -0.25) is 19.6 Å². The summed E-state index contributed by atoms with van der Waals surface area (Å²) >= 11 is 0. The summed E-state index contributed by atoms with van der Waals surface area (Å²) in [5.74, 6) is 0.766. The second-order valence-corrected chi connectivity index (χ2v) is 9.93. The third-order valence-corrected chi connectivity index (χ3v) is 7.58. The van der Waals surface area contributed by atoms with Crippen LogP contribution < -0.4 is 5.32 Å². The molecular weight excluding hydrogens is 414 g/mol. The Labute approximate surface area is 195 Å². The highest BCUT2D eigenvalue weighted by atomic mass is 16.2. The number of amides is 2. The van der Waals surface area contributed by atoms with Crippen molar-refractivity contribution in [2.75, 3.05) is 26.2 Å². The van der Waals surface area contributed by atoms with Gasteiger partial charge >= 0.3 is 0 Å². The summed E-state index contributed by atoms with van der Waals surface area (Å²) in [4.78, 5) is 29.8. The average molecular weight is 450 g/mol. The zero-order valence-electron chi connectivity index (χ0n) is 19.4. The molecule has 7 nitrogen and oxygen atoms in total. The van der Waals surface area contributed by atoms with Crippen LogP contribution in [-0.4, -0.2) is 64.0 Å². The molecule has 1 aromatic carbocycles. The summed E-state index contributed by atoms with van der Waals surface area (Å²) in [7, 11) is 0. The molecule has 2 aliphatic heterocycles. The smallest absolute Gasteiger partial charge is 0.274 e. The molecule has 1 atom stereocenters. The molecule has 176 valence electrons. The van der Waals surface area contributed by atoms with E-state index >= 15 is 0 Å². The fourth-order valence-electron chi connectivity index (χ4n) is 5.64. The fraction of sp³-hybridized carbons (Fsp3) is 0.577. The molecule has 3 heterocycles. The van der Waals surface area contributed by atoms with Gasteiger partial charge < -0.3 is 10.2 Å². The maximum absolute atomic E-state index is 12.9. The number of rotatable bonds is 7. The Morgan fingerprint density at radius 2 is 1.88 bits per heavy atom. The zero-order chi connectivity index (χ0) is 22.6. The molecule has 2 saturated heterocycles. The number of carbonyl (C=O) groups is 2. The standard InChI is InChI=1S/C26H35N5O2/c32-24(27-21-13-14-30(18-21)17-20-5-2-1-3-6-20)10-9-19-11-15-31(16-12-19)26(33)25-22-7-4-8-23(22)28-29-25/h1-3,5-6,19,21H,4,7-18H2,(H,27,32)(H,28,29)/t21-/m1/s1. The number of nitrogens with zero attached hydrogens (tertiary/aromatic N) is 3. The van der Waals surface area contributed by atoms with Crippen LogP contribution in [0.25, 0.3) is 0 Å². The average Bonchev–Trinajstić information content (AvgIpc) is 3.56. The molecule has 5 rings (SSSR count). The van der Waals surface area contributed by atoms with E-state index in [1.165, 1.54) is 5.56 Å². The minimum atomic E-state index is 0.0758. The van der Waals surface area contributed by atoms with Crippen molar-refractivity contribution in [3.05, 3.63) is 52.8 Å². The first-order chi connectivity index (χ1) is 16.2. The number of likely N-dealkylation sites (tertiary alicyclic amines) is 2. The lowest BCUT2D eigenvalue weighted by molar-refractivity contribution is -0.122. The van der Waals surface area contributed by atoms with E-state index in [0.717, 1.165) is 88.9 Å². The predicted molar refractivity (Wildman–Crippen MR) is 127 cm³/mol. The third kappa shape index (κ3) is 5.29. The van der Waals surface area contributed by atoms with Gasteiger partial charge in [-0.2, -0.15) is 5.10 Å². The first-order valence-electron chi connectivity index (χ1n) is 12.6. The number of aromatic nitrogens is 2. The van der Waals surface area contributed by atoms with Crippen molar-refractivity contribution in [3.8, 4) is 0 Å². The number of aromatic amines is 1. The van der Waals surface area contributed by atoms with E-state index < -0.39 is 0 Å². The van der Waals surface area contributed by atoms with Gasteiger partial charge in [-0.15, -0.1) is 0 Å². The molecule has 2 N–H and O–H groups in total. The summed E-state index contributed by atoms with van der Waals surface area (Å²) in [6.07, 6.45) is 7.54. The largest absolute Gasteiger partial charge is 0.352 e. The van der Waals surface area contributed by atoms with Crippen LogP contribution >= 0.6 is 0 Å². The molecule has 3 aliphatic rings. The van der Waals surface area contributed by atoms with Gasteiger partial charge in [-0.1, -0.05) is 30.3 Å². The van der Waals surface area contributed by atoms with Crippen molar-refractivity contribution < 1.29 is 9.59 Å². The second-order valence-electron chi connectivity index (χ2n) is 9.93. The quantitative estimate of drug-likeness (QED) is 0.681. The highest BCUT2D eigenvalue weighted by molar-refractivity contribution is 5.94.